The molecule has 0 atom stereocenters. The summed E-state index contributed by atoms with van der Waals surface area (Å²) in [6.07, 6.45) is 3.69. The monoisotopic (exact) mass is 384 g/mol. The molecule has 1 heterocycles. The third kappa shape index (κ3) is 9.86. The minimum Gasteiger partial charge on any atom is -0.481 e. The number of nitrogens with one attached hydrogen (secondary N) is 1. The standard InChI is InChI=1S/C18H28N2O7/c1-18(2,8-13-26-12-7-17(24)25)27-11-3-9-19-14(21)6-10-20-15(22)4-5-16(20)23/h4-5H,3,6-13H2,1-2H3,(H,19,21)(H,24,25). The predicted molar refractivity (Wildman–Crippen MR) is 95.8 cm³/mol. The van der Waals surface area contributed by atoms with E-state index in [2.05, 4.69) is 5.32 Å². The van der Waals surface area contributed by atoms with Gasteiger partial charge in [0.05, 0.1) is 18.6 Å². The van der Waals surface area contributed by atoms with Gasteiger partial charge in [-0.05, 0) is 26.7 Å². The van der Waals surface area contributed by atoms with Crippen LogP contribution < -0.4 is 5.32 Å². The first kappa shape index (κ1) is 22.8. The molecule has 0 aromatic rings. The summed E-state index contributed by atoms with van der Waals surface area (Å²) in [4.78, 5) is 45.9. The number of carboxylic acid groups (broad SMARTS) is 1. The zero-order chi connectivity index (χ0) is 20.3. The lowest BCUT2D eigenvalue weighted by atomic mass is 10.1. The molecule has 9 heteroatoms. The smallest absolute Gasteiger partial charge is 0.305 e. The molecule has 2 N–H and O–H groups in total. The zero-order valence-corrected chi connectivity index (χ0v) is 15.9. The van der Waals surface area contributed by atoms with Crippen LogP contribution in [0.4, 0.5) is 0 Å². The molecule has 3 amide bonds. The van der Waals surface area contributed by atoms with Gasteiger partial charge in [-0.3, -0.25) is 24.1 Å². The summed E-state index contributed by atoms with van der Waals surface area (Å²) in [5, 5.41) is 11.2. The van der Waals surface area contributed by atoms with E-state index < -0.39 is 23.4 Å². The first-order valence-electron chi connectivity index (χ1n) is 8.95. The van der Waals surface area contributed by atoms with Gasteiger partial charge in [0.1, 0.15) is 0 Å². The van der Waals surface area contributed by atoms with Crippen molar-refractivity contribution in [2.75, 3.05) is 32.9 Å². The molecule has 0 aliphatic carbocycles. The quantitative estimate of drug-likeness (QED) is 0.330. The van der Waals surface area contributed by atoms with E-state index in [0.717, 1.165) is 4.90 Å². The van der Waals surface area contributed by atoms with Crippen LogP contribution in [-0.4, -0.2) is 72.2 Å². The number of carbonyl (C=O) groups excluding carboxylic acids is 3. The van der Waals surface area contributed by atoms with E-state index >= 15 is 0 Å². The Balaban J connectivity index is 2.04. The van der Waals surface area contributed by atoms with Crippen molar-refractivity contribution in [1.29, 1.82) is 0 Å². The van der Waals surface area contributed by atoms with E-state index in [1.165, 1.54) is 12.2 Å². The van der Waals surface area contributed by atoms with Gasteiger partial charge in [0, 0.05) is 44.9 Å². The van der Waals surface area contributed by atoms with E-state index in [1.807, 2.05) is 13.8 Å². The van der Waals surface area contributed by atoms with Crippen LogP contribution in [0.2, 0.25) is 0 Å². The highest BCUT2D eigenvalue weighted by Gasteiger charge is 2.23. The second kappa shape index (κ2) is 11.5. The third-order valence-electron chi connectivity index (χ3n) is 3.91. The number of ether oxygens (including phenoxy) is 2. The van der Waals surface area contributed by atoms with Crippen LogP contribution in [0.5, 0.6) is 0 Å². The fourth-order valence-corrected chi connectivity index (χ4v) is 2.25. The molecule has 1 rings (SSSR count). The minimum absolute atomic E-state index is 0.0163. The van der Waals surface area contributed by atoms with Gasteiger partial charge in [-0.25, -0.2) is 0 Å². The highest BCUT2D eigenvalue weighted by molar-refractivity contribution is 6.13. The lowest BCUT2D eigenvalue weighted by Gasteiger charge is -2.25. The molecular formula is C18H28N2O7. The normalized spacial score (nSPS) is 14.1. The van der Waals surface area contributed by atoms with Gasteiger partial charge in [-0.15, -0.1) is 0 Å². The number of aliphatic carboxylic acids is 1. The number of hydrogen-bond donors (Lipinski definition) is 2. The number of imide groups is 1. The molecule has 0 spiro atoms. The Labute approximate surface area is 158 Å². The predicted octanol–water partition coefficient (Wildman–Crippen LogP) is 0.484. The topological polar surface area (TPSA) is 122 Å². The van der Waals surface area contributed by atoms with E-state index in [4.69, 9.17) is 14.6 Å². The summed E-state index contributed by atoms with van der Waals surface area (Å²) in [7, 11) is 0. The Morgan fingerprint density at radius 1 is 1.11 bits per heavy atom. The lowest BCUT2D eigenvalue weighted by molar-refractivity contribution is -0.139. The van der Waals surface area contributed by atoms with Crippen molar-refractivity contribution in [1.82, 2.24) is 10.2 Å². The summed E-state index contributed by atoms with van der Waals surface area (Å²) in [6.45, 7) is 5.40. The first-order valence-corrected chi connectivity index (χ1v) is 8.95. The largest absolute Gasteiger partial charge is 0.481 e. The maximum Gasteiger partial charge on any atom is 0.305 e. The molecule has 0 aromatic carbocycles. The Bertz CT molecular complexity index is 554. The number of hydrogen-bond acceptors (Lipinski definition) is 6. The second-order valence-electron chi connectivity index (χ2n) is 6.73. The van der Waals surface area contributed by atoms with E-state index in [-0.39, 0.29) is 31.9 Å². The van der Waals surface area contributed by atoms with Crippen molar-refractivity contribution in [3.8, 4) is 0 Å². The van der Waals surface area contributed by atoms with Crippen molar-refractivity contribution in [2.24, 2.45) is 0 Å². The molecule has 0 fully saturated rings. The second-order valence-corrected chi connectivity index (χ2v) is 6.73. The van der Waals surface area contributed by atoms with Crippen molar-refractivity contribution < 1.29 is 33.8 Å². The molecule has 0 bridgehead atoms. The average Bonchev–Trinajstić information content (AvgIpc) is 2.90. The van der Waals surface area contributed by atoms with E-state index in [0.29, 0.717) is 32.6 Å². The number of rotatable bonds is 14. The Hall–Kier alpha value is -2.26. The van der Waals surface area contributed by atoms with Crippen LogP contribution in [0, 0.1) is 0 Å². The number of carbonyl (C=O) groups is 4. The SMILES string of the molecule is CC(C)(CCOCCC(=O)O)OCCCNC(=O)CCN1C(=O)C=CC1=O. The molecule has 27 heavy (non-hydrogen) atoms. The molecule has 0 radical (unpaired) electrons. The summed E-state index contributed by atoms with van der Waals surface area (Å²) in [5.41, 5.74) is -0.406. The molecule has 1 aliphatic rings. The zero-order valence-electron chi connectivity index (χ0n) is 15.9. The van der Waals surface area contributed by atoms with Gasteiger partial charge >= 0.3 is 5.97 Å². The molecule has 9 nitrogen and oxygen atoms in total. The average molecular weight is 384 g/mol. The third-order valence-corrected chi connectivity index (χ3v) is 3.91. The van der Waals surface area contributed by atoms with Crippen LogP contribution in [-0.2, 0) is 28.7 Å². The Morgan fingerprint density at radius 3 is 2.41 bits per heavy atom. The number of nitrogens with zero attached hydrogens (tertiary/aromatic N) is 1. The lowest BCUT2D eigenvalue weighted by Crippen LogP contribution is -2.35. The molecule has 0 saturated heterocycles. The summed E-state index contributed by atoms with van der Waals surface area (Å²) in [6, 6.07) is 0. The maximum atomic E-state index is 11.7. The maximum absolute atomic E-state index is 11.7. The summed E-state index contributed by atoms with van der Waals surface area (Å²) >= 11 is 0. The van der Waals surface area contributed by atoms with Gasteiger partial charge in [0.2, 0.25) is 5.91 Å². The number of carboxylic acids is 1. The van der Waals surface area contributed by atoms with Crippen LogP contribution in [0.3, 0.4) is 0 Å². The Kier molecular flexibility index (Phi) is 9.66. The van der Waals surface area contributed by atoms with Gasteiger partial charge in [-0.2, -0.15) is 0 Å². The van der Waals surface area contributed by atoms with Crippen molar-refractivity contribution in [2.45, 2.75) is 45.1 Å². The van der Waals surface area contributed by atoms with Crippen LogP contribution in [0.25, 0.3) is 0 Å². The fourth-order valence-electron chi connectivity index (χ4n) is 2.25. The van der Waals surface area contributed by atoms with Crippen molar-refractivity contribution in [3.63, 3.8) is 0 Å². The van der Waals surface area contributed by atoms with Gasteiger partial charge in [0.25, 0.3) is 11.8 Å². The van der Waals surface area contributed by atoms with E-state index in [1.54, 1.807) is 0 Å². The first-order chi connectivity index (χ1) is 12.7. The highest BCUT2D eigenvalue weighted by atomic mass is 16.5. The van der Waals surface area contributed by atoms with E-state index in [9.17, 15) is 19.2 Å². The summed E-state index contributed by atoms with van der Waals surface area (Å²) < 4.78 is 11.0. The molecule has 0 unspecified atom stereocenters. The molecule has 152 valence electrons. The van der Waals surface area contributed by atoms with Crippen molar-refractivity contribution >= 4 is 23.7 Å². The van der Waals surface area contributed by atoms with Gasteiger partial charge in [-0.1, -0.05) is 0 Å². The van der Waals surface area contributed by atoms with Gasteiger partial charge < -0.3 is 19.9 Å². The molecule has 0 saturated carbocycles. The van der Waals surface area contributed by atoms with Crippen LogP contribution >= 0.6 is 0 Å². The molecule has 0 aromatic heterocycles. The fraction of sp³-hybridized carbons (Fsp3) is 0.667. The summed E-state index contributed by atoms with van der Waals surface area (Å²) in [5.74, 6) is -1.90. The number of amides is 3. The molecular weight excluding hydrogens is 356 g/mol. The van der Waals surface area contributed by atoms with Gasteiger partial charge in [0.15, 0.2) is 0 Å². The van der Waals surface area contributed by atoms with Crippen LogP contribution in [0.15, 0.2) is 12.2 Å². The highest BCUT2D eigenvalue weighted by Crippen LogP contribution is 2.14. The van der Waals surface area contributed by atoms with Crippen molar-refractivity contribution in [3.05, 3.63) is 12.2 Å². The Morgan fingerprint density at radius 2 is 1.78 bits per heavy atom. The van der Waals surface area contributed by atoms with Crippen LogP contribution in [0.1, 0.15) is 39.5 Å². The minimum atomic E-state index is -0.886. The molecule has 1 aliphatic heterocycles.